The Morgan fingerprint density at radius 1 is 1.00 bits per heavy atom. The summed E-state index contributed by atoms with van der Waals surface area (Å²) in [6, 6.07) is 4.26. The van der Waals surface area contributed by atoms with Crippen LogP contribution in [0.5, 0.6) is 0 Å². The molecular formula is C12H15F2N. The highest BCUT2D eigenvalue weighted by molar-refractivity contribution is 5.24. The Morgan fingerprint density at radius 2 is 1.53 bits per heavy atom. The van der Waals surface area contributed by atoms with E-state index >= 15 is 0 Å². The molecule has 1 saturated carbocycles. The van der Waals surface area contributed by atoms with Crippen LogP contribution in [0.2, 0.25) is 0 Å². The highest BCUT2D eigenvalue weighted by atomic mass is 19.1. The van der Waals surface area contributed by atoms with Gasteiger partial charge in [0.05, 0.1) is 0 Å². The number of hydrogen-bond acceptors (Lipinski definition) is 1. The largest absolute Gasteiger partial charge is 0.328 e. The van der Waals surface area contributed by atoms with E-state index in [1.54, 1.807) is 0 Å². The van der Waals surface area contributed by atoms with Gasteiger partial charge in [0.2, 0.25) is 0 Å². The van der Waals surface area contributed by atoms with Crippen molar-refractivity contribution < 1.29 is 8.78 Å². The van der Waals surface area contributed by atoms with Crippen molar-refractivity contribution >= 4 is 0 Å². The van der Waals surface area contributed by atoms with Crippen molar-refractivity contribution in [2.75, 3.05) is 0 Å². The van der Waals surface area contributed by atoms with Gasteiger partial charge in [0.15, 0.2) is 0 Å². The van der Waals surface area contributed by atoms with Gasteiger partial charge in [0, 0.05) is 11.6 Å². The lowest BCUT2D eigenvalue weighted by Crippen LogP contribution is -2.26. The van der Waals surface area contributed by atoms with E-state index < -0.39 is 11.6 Å². The molecular weight excluding hydrogens is 196 g/mol. The van der Waals surface area contributed by atoms with Gasteiger partial charge in [-0.25, -0.2) is 8.78 Å². The normalized spacial score (nSPS) is 26.6. The number of rotatable bonds is 1. The Hall–Kier alpha value is -0.960. The molecule has 0 aromatic heterocycles. The first-order valence-corrected chi connectivity index (χ1v) is 5.38. The summed E-state index contributed by atoms with van der Waals surface area (Å²) in [7, 11) is 0. The highest BCUT2D eigenvalue weighted by Gasteiger charge is 2.24. The van der Waals surface area contributed by atoms with Crippen molar-refractivity contribution in [3.63, 3.8) is 0 Å². The van der Waals surface area contributed by atoms with Crippen LogP contribution < -0.4 is 5.73 Å². The second kappa shape index (κ2) is 4.27. The van der Waals surface area contributed by atoms with Crippen molar-refractivity contribution in [3.8, 4) is 0 Å². The molecule has 0 aliphatic heterocycles. The molecule has 0 heterocycles. The van der Waals surface area contributed by atoms with Crippen LogP contribution in [-0.4, -0.2) is 6.04 Å². The van der Waals surface area contributed by atoms with Gasteiger partial charge in [-0.05, 0) is 43.7 Å². The fourth-order valence-corrected chi connectivity index (χ4v) is 2.31. The van der Waals surface area contributed by atoms with E-state index in [9.17, 15) is 8.78 Å². The number of nitrogens with two attached hydrogens (primary N) is 1. The predicted octanol–water partition coefficient (Wildman–Crippen LogP) is 2.95. The van der Waals surface area contributed by atoms with Crippen LogP contribution in [0.4, 0.5) is 8.78 Å². The average Bonchev–Trinajstić information content (AvgIpc) is 2.20. The third-order valence-electron chi connectivity index (χ3n) is 3.18. The Balaban J connectivity index is 2.22. The van der Waals surface area contributed by atoms with Crippen LogP contribution in [0.1, 0.15) is 37.2 Å². The molecule has 3 heteroatoms. The summed E-state index contributed by atoms with van der Waals surface area (Å²) in [6.07, 6.45) is 3.30. The lowest BCUT2D eigenvalue weighted by atomic mass is 9.81. The van der Waals surface area contributed by atoms with E-state index in [1.165, 1.54) is 18.2 Å². The van der Waals surface area contributed by atoms with Gasteiger partial charge in [0.1, 0.15) is 11.6 Å². The first kappa shape index (κ1) is 10.6. The Labute approximate surface area is 88.3 Å². The molecule has 0 unspecified atom stereocenters. The molecule has 0 radical (unpaired) electrons. The summed E-state index contributed by atoms with van der Waals surface area (Å²) in [4.78, 5) is 0. The molecule has 1 aliphatic carbocycles. The molecule has 15 heavy (non-hydrogen) atoms. The predicted molar refractivity (Wildman–Crippen MR) is 55.5 cm³/mol. The first-order chi connectivity index (χ1) is 7.18. The summed E-state index contributed by atoms with van der Waals surface area (Å²) in [5, 5.41) is 0. The maximum absolute atomic E-state index is 13.5. The fraction of sp³-hybridized carbons (Fsp3) is 0.500. The van der Waals surface area contributed by atoms with E-state index in [1.807, 2.05) is 0 Å². The van der Waals surface area contributed by atoms with Crippen LogP contribution in [0.15, 0.2) is 18.2 Å². The smallest absolute Gasteiger partial charge is 0.129 e. The molecule has 0 atom stereocenters. The molecule has 2 rings (SSSR count). The molecule has 1 aromatic rings. The van der Waals surface area contributed by atoms with Gasteiger partial charge in [0.25, 0.3) is 0 Å². The summed E-state index contributed by atoms with van der Waals surface area (Å²) in [5.74, 6) is -0.836. The van der Waals surface area contributed by atoms with E-state index in [-0.39, 0.29) is 17.5 Å². The van der Waals surface area contributed by atoms with Crippen LogP contribution >= 0.6 is 0 Å². The molecule has 0 bridgehead atoms. The topological polar surface area (TPSA) is 26.0 Å². The lowest BCUT2D eigenvalue weighted by Gasteiger charge is -2.26. The molecule has 2 N–H and O–H groups in total. The zero-order valence-electron chi connectivity index (χ0n) is 8.55. The highest BCUT2D eigenvalue weighted by Crippen LogP contribution is 2.34. The van der Waals surface area contributed by atoms with Crippen LogP contribution in [0.25, 0.3) is 0 Å². The first-order valence-electron chi connectivity index (χ1n) is 5.38. The third-order valence-corrected chi connectivity index (χ3v) is 3.18. The Morgan fingerprint density at radius 3 is 2.07 bits per heavy atom. The SMILES string of the molecule is NC1CCC(c2c(F)cccc2F)CC1. The fourth-order valence-electron chi connectivity index (χ4n) is 2.31. The van der Waals surface area contributed by atoms with Crippen molar-refractivity contribution in [1.82, 2.24) is 0 Å². The Bertz CT molecular complexity index is 323. The minimum absolute atomic E-state index is 0.00556. The number of hydrogen-bond donors (Lipinski definition) is 1. The molecule has 1 nitrogen and oxygen atoms in total. The average molecular weight is 211 g/mol. The van der Waals surface area contributed by atoms with E-state index in [4.69, 9.17) is 5.73 Å². The van der Waals surface area contributed by atoms with E-state index in [0.717, 1.165) is 25.7 Å². The quantitative estimate of drug-likeness (QED) is 0.759. The molecule has 1 aliphatic rings. The van der Waals surface area contributed by atoms with Crippen molar-refractivity contribution in [2.45, 2.75) is 37.6 Å². The summed E-state index contributed by atoms with van der Waals surface area (Å²) < 4.78 is 26.9. The van der Waals surface area contributed by atoms with Crippen LogP contribution in [0.3, 0.4) is 0 Å². The minimum Gasteiger partial charge on any atom is -0.328 e. The molecule has 82 valence electrons. The monoisotopic (exact) mass is 211 g/mol. The zero-order valence-corrected chi connectivity index (χ0v) is 8.55. The number of benzene rings is 1. The van der Waals surface area contributed by atoms with Gasteiger partial charge < -0.3 is 5.73 Å². The summed E-state index contributed by atoms with van der Waals surface area (Å²) in [6.45, 7) is 0. The standard InChI is InChI=1S/C12H15F2N/c13-10-2-1-3-11(14)12(10)8-4-6-9(15)7-5-8/h1-3,8-9H,4-7,15H2. The second-order valence-electron chi connectivity index (χ2n) is 4.25. The van der Waals surface area contributed by atoms with Crippen molar-refractivity contribution in [2.24, 2.45) is 5.73 Å². The van der Waals surface area contributed by atoms with Gasteiger partial charge >= 0.3 is 0 Å². The zero-order chi connectivity index (χ0) is 10.8. The third kappa shape index (κ3) is 2.17. The minimum atomic E-state index is -0.421. The maximum Gasteiger partial charge on any atom is 0.129 e. The molecule has 0 amide bonds. The van der Waals surface area contributed by atoms with Crippen molar-refractivity contribution in [1.29, 1.82) is 0 Å². The summed E-state index contributed by atoms with van der Waals surface area (Å²) >= 11 is 0. The number of halogens is 2. The molecule has 0 saturated heterocycles. The van der Waals surface area contributed by atoms with Gasteiger partial charge in [-0.2, -0.15) is 0 Å². The molecule has 1 fully saturated rings. The van der Waals surface area contributed by atoms with Crippen LogP contribution in [0, 0.1) is 11.6 Å². The van der Waals surface area contributed by atoms with Crippen molar-refractivity contribution in [3.05, 3.63) is 35.4 Å². The van der Waals surface area contributed by atoms with Gasteiger partial charge in [-0.3, -0.25) is 0 Å². The Kier molecular flexibility index (Phi) is 3.00. The van der Waals surface area contributed by atoms with Gasteiger partial charge in [-0.1, -0.05) is 6.07 Å². The van der Waals surface area contributed by atoms with Crippen LogP contribution in [-0.2, 0) is 0 Å². The molecule has 1 aromatic carbocycles. The van der Waals surface area contributed by atoms with Gasteiger partial charge in [-0.15, -0.1) is 0 Å². The van der Waals surface area contributed by atoms with E-state index in [2.05, 4.69) is 0 Å². The maximum atomic E-state index is 13.5. The summed E-state index contributed by atoms with van der Waals surface area (Å²) in [5.41, 5.74) is 6.02. The van der Waals surface area contributed by atoms with E-state index in [0.29, 0.717) is 0 Å². The second-order valence-corrected chi connectivity index (χ2v) is 4.25. The molecule has 0 spiro atoms. The lowest BCUT2D eigenvalue weighted by molar-refractivity contribution is 0.376.